The molecular formula is C17H21N3O. The van der Waals surface area contributed by atoms with Gasteiger partial charge in [0.25, 0.3) is 0 Å². The lowest BCUT2D eigenvalue weighted by atomic mass is 10.2. The van der Waals surface area contributed by atoms with Gasteiger partial charge in [-0.2, -0.15) is 5.10 Å². The van der Waals surface area contributed by atoms with Crippen LogP contribution in [0.2, 0.25) is 0 Å². The highest BCUT2D eigenvalue weighted by molar-refractivity contribution is 5.86. The first-order chi connectivity index (χ1) is 10.3. The van der Waals surface area contributed by atoms with Gasteiger partial charge in [0, 0.05) is 31.4 Å². The summed E-state index contributed by atoms with van der Waals surface area (Å²) in [7, 11) is 1.95. The molecule has 110 valence electrons. The van der Waals surface area contributed by atoms with Crippen molar-refractivity contribution in [2.24, 2.45) is 7.05 Å². The smallest absolute Gasteiger partial charge is 0.128 e. The van der Waals surface area contributed by atoms with Gasteiger partial charge in [0.05, 0.1) is 18.3 Å². The van der Waals surface area contributed by atoms with Gasteiger partial charge >= 0.3 is 0 Å². The van der Waals surface area contributed by atoms with Gasteiger partial charge in [0.1, 0.15) is 5.75 Å². The summed E-state index contributed by atoms with van der Waals surface area (Å²) in [4.78, 5) is 0. The second-order valence-corrected chi connectivity index (χ2v) is 5.32. The van der Waals surface area contributed by atoms with Crippen LogP contribution >= 0.6 is 0 Å². The van der Waals surface area contributed by atoms with Gasteiger partial charge in [-0.25, -0.2) is 0 Å². The first-order valence-electron chi connectivity index (χ1n) is 7.46. The molecule has 4 nitrogen and oxygen atoms in total. The third kappa shape index (κ3) is 2.94. The lowest BCUT2D eigenvalue weighted by Gasteiger charge is -2.08. The number of hydrogen-bond acceptors (Lipinski definition) is 2. The van der Waals surface area contributed by atoms with Gasteiger partial charge in [0.2, 0.25) is 0 Å². The van der Waals surface area contributed by atoms with Gasteiger partial charge in [-0.1, -0.05) is 13.0 Å². The summed E-state index contributed by atoms with van der Waals surface area (Å²) < 4.78 is 9.95. The Bertz CT molecular complexity index is 727. The Morgan fingerprint density at radius 2 is 2.14 bits per heavy atom. The molecule has 3 aromatic rings. The molecule has 0 aliphatic carbocycles. The van der Waals surface area contributed by atoms with E-state index in [0.717, 1.165) is 31.7 Å². The van der Waals surface area contributed by atoms with Crippen LogP contribution in [0.4, 0.5) is 0 Å². The molecule has 0 aliphatic heterocycles. The van der Waals surface area contributed by atoms with Crippen LogP contribution in [0.15, 0.2) is 42.9 Å². The highest BCUT2D eigenvalue weighted by Gasteiger charge is 2.07. The van der Waals surface area contributed by atoms with Crippen molar-refractivity contribution < 1.29 is 4.74 Å². The molecule has 0 fully saturated rings. The standard InChI is InChI=1S/C17H21N3O/c1-3-11-21-17-6-4-5-16-15(17)8-10-20(16)9-7-14-12-18-19(2)13-14/h4-6,8,10,12-13H,3,7,9,11H2,1-2H3. The minimum Gasteiger partial charge on any atom is -0.493 e. The lowest BCUT2D eigenvalue weighted by molar-refractivity contribution is 0.321. The molecule has 0 spiro atoms. The first kappa shape index (κ1) is 13.7. The Morgan fingerprint density at radius 3 is 2.90 bits per heavy atom. The van der Waals surface area contributed by atoms with Gasteiger partial charge < -0.3 is 9.30 Å². The SMILES string of the molecule is CCCOc1cccc2c1ccn2CCc1cnn(C)c1. The molecular weight excluding hydrogens is 262 g/mol. The van der Waals surface area contributed by atoms with Crippen LogP contribution in [0, 0.1) is 0 Å². The molecule has 0 saturated heterocycles. The molecule has 0 atom stereocenters. The van der Waals surface area contributed by atoms with Crippen molar-refractivity contribution in [3.8, 4) is 5.75 Å². The zero-order valence-corrected chi connectivity index (χ0v) is 12.6. The first-order valence-corrected chi connectivity index (χ1v) is 7.46. The lowest BCUT2D eigenvalue weighted by Crippen LogP contribution is -2.00. The molecule has 0 bridgehead atoms. The van der Waals surface area contributed by atoms with Crippen molar-refractivity contribution in [1.29, 1.82) is 0 Å². The van der Waals surface area contributed by atoms with Crippen LogP contribution < -0.4 is 4.74 Å². The van der Waals surface area contributed by atoms with Crippen LogP contribution in [0.1, 0.15) is 18.9 Å². The molecule has 0 N–H and O–H groups in total. The van der Waals surface area contributed by atoms with Crippen LogP contribution in [-0.4, -0.2) is 21.0 Å². The number of nitrogens with zero attached hydrogens (tertiary/aromatic N) is 3. The maximum Gasteiger partial charge on any atom is 0.128 e. The van der Waals surface area contributed by atoms with E-state index in [9.17, 15) is 0 Å². The summed E-state index contributed by atoms with van der Waals surface area (Å²) in [6, 6.07) is 8.40. The van der Waals surface area contributed by atoms with Crippen LogP contribution in [0.3, 0.4) is 0 Å². The van der Waals surface area contributed by atoms with Crippen LogP contribution in [0.5, 0.6) is 5.75 Å². The van der Waals surface area contributed by atoms with E-state index in [1.807, 2.05) is 24.0 Å². The molecule has 0 unspecified atom stereocenters. The topological polar surface area (TPSA) is 32.0 Å². The van der Waals surface area contributed by atoms with Crippen molar-refractivity contribution in [3.05, 3.63) is 48.4 Å². The van der Waals surface area contributed by atoms with Gasteiger partial charge in [-0.3, -0.25) is 4.68 Å². The average Bonchev–Trinajstić information content (AvgIpc) is 3.09. The summed E-state index contributed by atoms with van der Waals surface area (Å²) in [5.41, 5.74) is 2.49. The highest BCUT2D eigenvalue weighted by Crippen LogP contribution is 2.27. The largest absolute Gasteiger partial charge is 0.493 e. The summed E-state index contributed by atoms with van der Waals surface area (Å²) >= 11 is 0. The number of ether oxygens (including phenoxy) is 1. The number of benzene rings is 1. The number of aryl methyl sites for hydroxylation is 3. The summed E-state index contributed by atoms with van der Waals surface area (Å²) in [5.74, 6) is 0.981. The molecule has 2 heterocycles. The van der Waals surface area contributed by atoms with Crippen LogP contribution in [0.25, 0.3) is 10.9 Å². The fraction of sp³-hybridized carbons (Fsp3) is 0.353. The predicted octanol–water partition coefficient (Wildman–Crippen LogP) is 3.41. The van der Waals surface area contributed by atoms with E-state index in [4.69, 9.17) is 4.74 Å². The Labute approximate surface area is 124 Å². The minimum absolute atomic E-state index is 0.764. The van der Waals surface area contributed by atoms with E-state index in [1.165, 1.54) is 16.5 Å². The van der Waals surface area contributed by atoms with E-state index in [1.54, 1.807) is 0 Å². The van der Waals surface area contributed by atoms with Gasteiger partial charge in [0.15, 0.2) is 0 Å². The fourth-order valence-electron chi connectivity index (χ4n) is 2.58. The zero-order chi connectivity index (χ0) is 14.7. The highest BCUT2D eigenvalue weighted by atomic mass is 16.5. The molecule has 3 rings (SSSR count). The van der Waals surface area contributed by atoms with Crippen molar-refractivity contribution in [3.63, 3.8) is 0 Å². The van der Waals surface area contributed by atoms with Crippen molar-refractivity contribution in [2.75, 3.05) is 6.61 Å². The Balaban J connectivity index is 1.79. The number of fused-ring (bicyclic) bond motifs is 1. The molecule has 0 aliphatic rings. The monoisotopic (exact) mass is 283 g/mol. The maximum atomic E-state index is 5.82. The molecule has 0 saturated carbocycles. The van der Waals surface area contributed by atoms with Crippen molar-refractivity contribution in [1.82, 2.24) is 14.3 Å². The normalized spacial score (nSPS) is 11.1. The number of aromatic nitrogens is 3. The van der Waals surface area contributed by atoms with Gasteiger partial charge in [-0.05, 0) is 36.6 Å². The van der Waals surface area contributed by atoms with E-state index in [-0.39, 0.29) is 0 Å². The Morgan fingerprint density at radius 1 is 1.24 bits per heavy atom. The Kier molecular flexibility index (Phi) is 3.95. The molecule has 21 heavy (non-hydrogen) atoms. The second kappa shape index (κ2) is 6.04. The third-order valence-corrected chi connectivity index (χ3v) is 3.64. The van der Waals surface area contributed by atoms with Gasteiger partial charge in [-0.15, -0.1) is 0 Å². The summed E-state index contributed by atoms with van der Waals surface area (Å²) in [6.07, 6.45) is 8.15. The molecule has 2 aromatic heterocycles. The van der Waals surface area contributed by atoms with E-state index < -0.39 is 0 Å². The minimum atomic E-state index is 0.764. The molecule has 0 radical (unpaired) electrons. The second-order valence-electron chi connectivity index (χ2n) is 5.32. The number of rotatable bonds is 6. The Hall–Kier alpha value is -2.23. The quantitative estimate of drug-likeness (QED) is 0.694. The van der Waals surface area contributed by atoms with E-state index >= 15 is 0 Å². The predicted molar refractivity (Wildman–Crippen MR) is 84.6 cm³/mol. The summed E-state index contributed by atoms with van der Waals surface area (Å²) in [5, 5.41) is 5.41. The summed E-state index contributed by atoms with van der Waals surface area (Å²) in [6.45, 7) is 3.84. The molecule has 0 amide bonds. The fourth-order valence-corrected chi connectivity index (χ4v) is 2.58. The maximum absolute atomic E-state index is 5.82. The molecule has 1 aromatic carbocycles. The van der Waals surface area contributed by atoms with E-state index in [0.29, 0.717) is 0 Å². The third-order valence-electron chi connectivity index (χ3n) is 3.64. The molecule has 4 heteroatoms. The zero-order valence-electron chi connectivity index (χ0n) is 12.6. The van der Waals surface area contributed by atoms with E-state index in [2.05, 4.69) is 47.2 Å². The van der Waals surface area contributed by atoms with Crippen molar-refractivity contribution >= 4 is 10.9 Å². The van der Waals surface area contributed by atoms with Crippen LogP contribution in [-0.2, 0) is 20.0 Å². The number of hydrogen-bond donors (Lipinski definition) is 0. The van der Waals surface area contributed by atoms with Crippen molar-refractivity contribution in [2.45, 2.75) is 26.3 Å². The average molecular weight is 283 g/mol.